The van der Waals surface area contributed by atoms with E-state index in [1.165, 1.54) is 75.3 Å². The van der Waals surface area contributed by atoms with Crippen molar-refractivity contribution in [1.82, 2.24) is 4.98 Å². The molecular formula is C17H29F2NSSn. The molecule has 0 aliphatic rings. The van der Waals surface area contributed by atoms with Gasteiger partial charge >= 0.3 is 149 Å². The maximum absolute atomic E-state index is 12.8. The number of nitrogens with zero attached hydrogens (tertiary/aromatic N) is 1. The van der Waals surface area contributed by atoms with E-state index in [9.17, 15) is 8.78 Å². The molecule has 1 aromatic rings. The van der Waals surface area contributed by atoms with Crippen molar-refractivity contribution in [2.24, 2.45) is 0 Å². The van der Waals surface area contributed by atoms with Gasteiger partial charge in [-0.25, -0.2) is 0 Å². The summed E-state index contributed by atoms with van der Waals surface area (Å²) in [5, 5.41) is 0. The Hall–Kier alpha value is 0.289. The van der Waals surface area contributed by atoms with Crippen molar-refractivity contribution >= 4 is 35.5 Å². The molecule has 1 nitrogen and oxygen atoms in total. The number of hydrogen-bond acceptors (Lipinski definition) is 2. The monoisotopic (exact) mass is 437 g/mol. The van der Waals surface area contributed by atoms with Crippen LogP contribution < -0.4 is 3.02 Å². The Morgan fingerprint density at radius 2 is 1.55 bits per heavy atom. The third-order valence-electron chi connectivity index (χ3n) is 4.14. The Morgan fingerprint density at radius 1 is 1.05 bits per heavy atom. The van der Waals surface area contributed by atoms with Crippen LogP contribution in [0.1, 0.15) is 89.9 Å². The van der Waals surface area contributed by atoms with Crippen LogP contribution >= 0.6 is 11.3 Å². The van der Waals surface area contributed by atoms with E-state index in [0.29, 0.717) is 3.43 Å². The minimum atomic E-state index is -2.36. The van der Waals surface area contributed by atoms with Crippen molar-refractivity contribution in [1.29, 1.82) is 0 Å². The molecule has 0 bridgehead atoms. The second kappa shape index (κ2) is 11.0. The van der Waals surface area contributed by atoms with E-state index in [0.717, 1.165) is 3.02 Å². The fourth-order valence-corrected chi connectivity index (χ4v) is 10.5. The molecule has 0 amide bonds. The molecule has 1 heterocycles. The molecule has 0 fully saturated rings. The summed E-state index contributed by atoms with van der Waals surface area (Å²) in [6.45, 7) is 6.73. The molecule has 126 valence electrons. The fourth-order valence-electron chi connectivity index (χ4n) is 2.78. The summed E-state index contributed by atoms with van der Waals surface area (Å²) in [5.74, 6) is 0. The van der Waals surface area contributed by atoms with Gasteiger partial charge in [0, 0.05) is 0 Å². The van der Waals surface area contributed by atoms with Crippen molar-refractivity contribution in [2.75, 3.05) is 0 Å². The van der Waals surface area contributed by atoms with Gasteiger partial charge in [0.05, 0.1) is 0 Å². The minimum absolute atomic E-state index is 0.159. The molecule has 0 atom stereocenters. The van der Waals surface area contributed by atoms with Crippen molar-refractivity contribution < 1.29 is 8.78 Å². The molecule has 0 unspecified atom stereocenters. The van der Waals surface area contributed by atoms with E-state index in [-0.39, 0.29) is 4.88 Å². The average molecular weight is 436 g/mol. The van der Waals surface area contributed by atoms with Gasteiger partial charge in [-0.3, -0.25) is 0 Å². The summed E-state index contributed by atoms with van der Waals surface area (Å²) in [6.07, 6.45) is 10.3. The Kier molecular flexibility index (Phi) is 10.1. The molecule has 1 rings (SSSR count). The van der Waals surface area contributed by atoms with E-state index in [1.807, 2.05) is 0 Å². The first-order chi connectivity index (χ1) is 10.6. The predicted molar refractivity (Wildman–Crippen MR) is 93.7 cm³/mol. The third kappa shape index (κ3) is 6.81. The van der Waals surface area contributed by atoms with Gasteiger partial charge < -0.3 is 0 Å². The Bertz CT molecular complexity index is 387. The van der Waals surface area contributed by atoms with Crippen LogP contribution in [0.2, 0.25) is 3.43 Å². The Labute approximate surface area is 148 Å². The Morgan fingerprint density at radius 3 is 1.91 bits per heavy atom. The normalized spacial score (nSPS) is 12.3. The van der Waals surface area contributed by atoms with Gasteiger partial charge in [0.2, 0.25) is 0 Å². The van der Waals surface area contributed by atoms with E-state index >= 15 is 0 Å². The van der Waals surface area contributed by atoms with E-state index in [4.69, 9.17) is 0 Å². The average Bonchev–Trinajstić information content (AvgIpc) is 2.97. The number of rotatable bonds is 12. The molecule has 0 aromatic carbocycles. The molecule has 0 spiro atoms. The predicted octanol–water partition coefficient (Wildman–Crippen LogP) is 6.14. The Balaban J connectivity index is 2.87. The summed E-state index contributed by atoms with van der Waals surface area (Å²) in [4.78, 5) is 4.52. The van der Waals surface area contributed by atoms with Crippen molar-refractivity contribution in [3.63, 3.8) is 0 Å². The van der Waals surface area contributed by atoms with E-state index < -0.39 is 27.6 Å². The van der Waals surface area contributed by atoms with Crippen LogP contribution in [0.25, 0.3) is 0 Å². The van der Waals surface area contributed by atoms with Gasteiger partial charge in [-0.1, -0.05) is 0 Å². The third-order valence-corrected chi connectivity index (χ3v) is 11.1. The number of halogens is 2. The molecular weight excluding hydrogens is 407 g/mol. The first kappa shape index (κ1) is 20.3. The number of unbranched alkanes of at least 4 members (excludes halogenated alkanes) is 3. The van der Waals surface area contributed by atoms with Crippen LogP contribution in [0.15, 0.2) is 6.20 Å². The van der Waals surface area contributed by atoms with Crippen LogP contribution in [-0.2, 0) is 0 Å². The van der Waals surface area contributed by atoms with Gasteiger partial charge in [0.1, 0.15) is 0 Å². The summed E-state index contributed by atoms with van der Waals surface area (Å²) in [5.41, 5.74) is 0. The fraction of sp³-hybridized carbons (Fsp3) is 0.824. The molecule has 2 radical (unpaired) electrons. The first-order valence-electron chi connectivity index (χ1n) is 8.59. The number of hydrogen-bond donors (Lipinski definition) is 0. The van der Waals surface area contributed by atoms with Gasteiger partial charge in [-0.2, -0.15) is 0 Å². The molecule has 0 aliphatic carbocycles. The van der Waals surface area contributed by atoms with E-state index in [1.54, 1.807) is 0 Å². The molecule has 0 saturated carbocycles. The molecule has 0 N–H and O–H groups in total. The van der Waals surface area contributed by atoms with Crippen molar-refractivity contribution in [3.8, 4) is 0 Å². The quantitative estimate of drug-likeness (QED) is 0.359. The van der Waals surface area contributed by atoms with Crippen molar-refractivity contribution in [3.05, 3.63) is 11.1 Å². The van der Waals surface area contributed by atoms with Crippen molar-refractivity contribution in [2.45, 2.75) is 88.4 Å². The van der Waals surface area contributed by atoms with Crippen LogP contribution in [0.5, 0.6) is 0 Å². The van der Waals surface area contributed by atoms with Crippen LogP contribution in [0.3, 0.4) is 0 Å². The second-order valence-electron chi connectivity index (χ2n) is 6.08. The summed E-state index contributed by atoms with van der Waals surface area (Å²) in [7, 11) is 0. The summed E-state index contributed by atoms with van der Waals surface area (Å²) >= 11 is 0.348. The zero-order valence-corrected chi connectivity index (χ0v) is 17.8. The van der Waals surface area contributed by atoms with Crippen LogP contribution in [0.4, 0.5) is 8.78 Å². The summed E-state index contributed by atoms with van der Waals surface area (Å²) in [6, 6.07) is 0. The standard InChI is InChI=1S/C13H27.C4H2F2NS.Sn/c1-4-7-10-13(11-8-5-2)12-9-6-3;5-4(6)3-1-7-2-8-3;/h4-12H2,1-3H3;1,4H;. The molecule has 22 heavy (non-hydrogen) atoms. The molecule has 0 saturated heterocycles. The van der Waals surface area contributed by atoms with Gasteiger partial charge in [-0.05, 0) is 0 Å². The summed E-state index contributed by atoms with van der Waals surface area (Å²) < 4.78 is 27.1. The molecule has 0 aliphatic heterocycles. The first-order valence-corrected chi connectivity index (χ1v) is 12.3. The SMILES string of the molecule is CCCC[C](CCCC)(CCCC)[Sn][c]1ncc(C(F)F)s1. The molecule has 1 aromatic heterocycles. The van der Waals surface area contributed by atoms with E-state index in [2.05, 4.69) is 25.8 Å². The zero-order chi connectivity index (χ0) is 16.4. The number of alkyl halides is 2. The number of thiazole rings is 1. The molecule has 5 heteroatoms. The second-order valence-corrected chi connectivity index (χ2v) is 13.3. The topological polar surface area (TPSA) is 12.9 Å². The van der Waals surface area contributed by atoms with Crippen LogP contribution in [0, 0.1) is 0 Å². The number of aromatic nitrogens is 1. The van der Waals surface area contributed by atoms with Gasteiger partial charge in [-0.15, -0.1) is 0 Å². The maximum atomic E-state index is 12.8. The van der Waals surface area contributed by atoms with Crippen LogP contribution in [-0.4, -0.2) is 26.1 Å². The van der Waals surface area contributed by atoms with Gasteiger partial charge in [0.25, 0.3) is 0 Å². The zero-order valence-electron chi connectivity index (χ0n) is 14.1. The van der Waals surface area contributed by atoms with Gasteiger partial charge in [0.15, 0.2) is 0 Å².